The van der Waals surface area contributed by atoms with Crippen LogP contribution in [0.2, 0.25) is 0 Å². The zero-order chi connectivity index (χ0) is 18.7. The van der Waals surface area contributed by atoms with Crippen LogP contribution in [0.5, 0.6) is 0 Å². The molecule has 0 N–H and O–H groups in total. The van der Waals surface area contributed by atoms with E-state index in [4.69, 9.17) is 9.15 Å². The van der Waals surface area contributed by atoms with Gasteiger partial charge in [-0.15, -0.1) is 0 Å². The molecule has 3 heterocycles. The van der Waals surface area contributed by atoms with Gasteiger partial charge in [-0.2, -0.15) is 0 Å². The van der Waals surface area contributed by atoms with Crippen LogP contribution < -0.4 is 0 Å². The first-order valence-electron chi connectivity index (χ1n) is 9.00. The van der Waals surface area contributed by atoms with Crippen LogP contribution in [0.25, 0.3) is 0 Å². The molecule has 2 aliphatic rings. The Labute approximate surface area is 152 Å². The predicted octanol–water partition coefficient (Wildman–Crippen LogP) is 0.780. The Kier molecular flexibility index (Phi) is 5.61. The minimum Gasteiger partial charge on any atom is -0.461 e. The average molecular weight is 363 g/mol. The van der Waals surface area contributed by atoms with Gasteiger partial charge in [0.1, 0.15) is 24.7 Å². The van der Waals surface area contributed by atoms with Gasteiger partial charge in [0.25, 0.3) is 0 Å². The molecule has 0 unspecified atom stereocenters. The maximum Gasteiger partial charge on any atom is 0.312 e. The van der Waals surface area contributed by atoms with Gasteiger partial charge in [0, 0.05) is 33.3 Å². The van der Waals surface area contributed by atoms with Crippen LogP contribution >= 0.6 is 0 Å². The van der Waals surface area contributed by atoms with Crippen molar-refractivity contribution in [2.75, 3.05) is 39.8 Å². The van der Waals surface area contributed by atoms with Crippen LogP contribution in [0.4, 0.5) is 0 Å². The summed E-state index contributed by atoms with van der Waals surface area (Å²) in [6.45, 7) is 4.15. The van der Waals surface area contributed by atoms with E-state index in [2.05, 4.69) is 0 Å². The van der Waals surface area contributed by atoms with Crippen LogP contribution in [0.3, 0.4) is 0 Å². The second kappa shape index (κ2) is 7.90. The molecular formula is C18H25N3O5. The van der Waals surface area contributed by atoms with Gasteiger partial charge in [0.2, 0.25) is 5.91 Å². The molecule has 0 saturated carbocycles. The molecule has 3 rings (SSSR count). The van der Waals surface area contributed by atoms with Crippen molar-refractivity contribution in [3.05, 3.63) is 23.7 Å². The molecule has 2 saturated heterocycles. The van der Waals surface area contributed by atoms with Gasteiger partial charge in [0.05, 0.1) is 6.04 Å². The minimum absolute atomic E-state index is 0.0652. The molecule has 3 amide bonds. The second-order valence-corrected chi connectivity index (χ2v) is 6.59. The van der Waals surface area contributed by atoms with Gasteiger partial charge in [0.15, 0.2) is 0 Å². The standard InChI is InChI=1S/C18H25N3O5/c1-3-19-9-10-20(18(24)17(19)23)11-16(22)21-8-4-5-14(21)15-7-6-13(26-15)12-25-2/h6-7,14H,3-5,8-12H2,1-2H3/t14-/m1/s1. The molecular weight excluding hydrogens is 338 g/mol. The van der Waals surface area contributed by atoms with Gasteiger partial charge in [-0.3, -0.25) is 14.4 Å². The van der Waals surface area contributed by atoms with E-state index < -0.39 is 11.8 Å². The number of nitrogens with zero attached hydrogens (tertiary/aromatic N) is 3. The quantitative estimate of drug-likeness (QED) is 0.698. The van der Waals surface area contributed by atoms with Gasteiger partial charge < -0.3 is 23.9 Å². The van der Waals surface area contributed by atoms with E-state index >= 15 is 0 Å². The number of rotatable bonds is 6. The van der Waals surface area contributed by atoms with Crippen LogP contribution in [-0.2, 0) is 25.7 Å². The van der Waals surface area contributed by atoms with Crippen LogP contribution in [0.15, 0.2) is 16.5 Å². The van der Waals surface area contributed by atoms with Crippen molar-refractivity contribution in [1.29, 1.82) is 0 Å². The van der Waals surface area contributed by atoms with Crippen LogP contribution in [0.1, 0.15) is 37.3 Å². The Balaban J connectivity index is 1.65. The summed E-state index contributed by atoms with van der Waals surface area (Å²) in [5.41, 5.74) is 0. The molecule has 142 valence electrons. The maximum absolute atomic E-state index is 12.8. The molecule has 8 heteroatoms. The fraction of sp³-hybridized carbons (Fsp3) is 0.611. The lowest BCUT2D eigenvalue weighted by Gasteiger charge is -2.34. The fourth-order valence-corrected chi connectivity index (χ4v) is 3.58. The highest BCUT2D eigenvalue weighted by Gasteiger charge is 2.36. The van der Waals surface area contributed by atoms with E-state index in [0.29, 0.717) is 32.8 Å². The summed E-state index contributed by atoms with van der Waals surface area (Å²) < 4.78 is 10.8. The average Bonchev–Trinajstić information content (AvgIpc) is 3.28. The third-order valence-electron chi connectivity index (χ3n) is 4.98. The lowest BCUT2D eigenvalue weighted by Crippen LogP contribution is -2.56. The number of amides is 3. The van der Waals surface area contributed by atoms with Crippen molar-refractivity contribution >= 4 is 17.7 Å². The topological polar surface area (TPSA) is 83.3 Å². The van der Waals surface area contributed by atoms with Crippen molar-refractivity contribution < 1.29 is 23.5 Å². The number of carbonyl (C=O) groups excluding carboxylic acids is 3. The van der Waals surface area contributed by atoms with E-state index in [1.807, 2.05) is 19.1 Å². The summed E-state index contributed by atoms with van der Waals surface area (Å²) in [6, 6.07) is 3.60. The molecule has 0 bridgehead atoms. The summed E-state index contributed by atoms with van der Waals surface area (Å²) in [5, 5.41) is 0. The summed E-state index contributed by atoms with van der Waals surface area (Å²) in [4.78, 5) is 41.6. The minimum atomic E-state index is -0.595. The Morgan fingerprint density at radius 1 is 1.19 bits per heavy atom. The Morgan fingerprint density at radius 3 is 2.65 bits per heavy atom. The SMILES string of the molecule is CCN1CCN(CC(=O)N2CCC[C@@H]2c2ccc(COC)o2)C(=O)C1=O. The molecule has 0 aromatic carbocycles. The molecule has 1 aromatic heterocycles. The molecule has 2 aliphatic heterocycles. The zero-order valence-corrected chi connectivity index (χ0v) is 15.3. The number of likely N-dealkylation sites (N-methyl/N-ethyl adjacent to an activating group) is 1. The van der Waals surface area contributed by atoms with Crippen molar-refractivity contribution in [2.45, 2.75) is 32.4 Å². The molecule has 0 radical (unpaired) electrons. The van der Waals surface area contributed by atoms with Gasteiger partial charge in [-0.05, 0) is 31.9 Å². The highest BCUT2D eigenvalue weighted by atomic mass is 16.5. The molecule has 8 nitrogen and oxygen atoms in total. The summed E-state index contributed by atoms with van der Waals surface area (Å²) in [6.07, 6.45) is 1.70. The van der Waals surface area contributed by atoms with Gasteiger partial charge >= 0.3 is 11.8 Å². The highest BCUT2D eigenvalue weighted by molar-refractivity contribution is 6.35. The number of ether oxygens (including phenoxy) is 1. The molecule has 1 aromatic rings. The fourth-order valence-electron chi connectivity index (χ4n) is 3.58. The van der Waals surface area contributed by atoms with Gasteiger partial charge in [-0.25, -0.2) is 0 Å². The number of methoxy groups -OCH3 is 1. The molecule has 26 heavy (non-hydrogen) atoms. The first kappa shape index (κ1) is 18.4. The molecule has 1 atom stereocenters. The monoisotopic (exact) mass is 363 g/mol. The van der Waals surface area contributed by atoms with E-state index in [1.54, 1.807) is 12.0 Å². The maximum atomic E-state index is 12.8. The summed E-state index contributed by atoms with van der Waals surface area (Å²) in [7, 11) is 1.60. The van der Waals surface area contributed by atoms with Gasteiger partial charge in [-0.1, -0.05) is 0 Å². The molecule has 2 fully saturated rings. The molecule has 0 aliphatic carbocycles. The number of likely N-dealkylation sites (tertiary alicyclic amines) is 1. The van der Waals surface area contributed by atoms with E-state index in [9.17, 15) is 14.4 Å². The summed E-state index contributed by atoms with van der Waals surface area (Å²) >= 11 is 0. The van der Waals surface area contributed by atoms with Crippen LogP contribution in [-0.4, -0.2) is 72.3 Å². The van der Waals surface area contributed by atoms with Crippen molar-refractivity contribution in [3.8, 4) is 0 Å². The third-order valence-corrected chi connectivity index (χ3v) is 4.98. The van der Waals surface area contributed by atoms with Crippen LogP contribution in [0, 0.1) is 0 Å². The highest BCUT2D eigenvalue weighted by Crippen LogP contribution is 2.33. The van der Waals surface area contributed by atoms with Crippen molar-refractivity contribution in [3.63, 3.8) is 0 Å². The van der Waals surface area contributed by atoms with Crippen molar-refractivity contribution in [1.82, 2.24) is 14.7 Å². The first-order chi connectivity index (χ1) is 12.5. The number of carbonyl (C=O) groups is 3. The Hall–Kier alpha value is -2.35. The Morgan fingerprint density at radius 2 is 1.92 bits per heavy atom. The largest absolute Gasteiger partial charge is 0.461 e. The number of furan rings is 1. The number of hydrogen-bond acceptors (Lipinski definition) is 5. The summed E-state index contributed by atoms with van der Waals surface area (Å²) in [5.74, 6) is 0.185. The predicted molar refractivity (Wildman–Crippen MR) is 91.9 cm³/mol. The van der Waals surface area contributed by atoms with Crippen molar-refractivity contribution in [2.24, 2.45) is 0 Å². The second-order valence-electron chi connectivity index (χ2n) is 6.59. The lowest BCUT2D eigenvalue weighted by molar-refractivity contribution is -0.157. The van der Waals surface area contributed by atoms with E-state index in [0.717, 1.165) is 24.4 Å². The Bertz CT molecular complexity index is 686. The lowest BCUT2D eigenvalue weighted by atomic mass is 10.1. The normalized spacial score (nSPS) is 21.0. The smallest absolute Gasteiger partial charge is 0.312 e. The number of piperazine rings is 1. The molecule has 0 spiro atoms. The first-order valence-corrected chi connectivity index (χ1v) is 9.00. The van der Waals surface area contributed by atoms with E-state index in [-0.39, 0.29) is 18.5 Å². The third kappa shape index (κ3) is 3.60. The number of hydrogen-bond donors (Lipinski definition) is 0. The van der Waals surface area contributed by atoms with E-state index in [1.165, 1.54) is 9.80 Å². The zero-order valence-electron chi connectivity index (χ0n) is 15.3.